The van der Waals surface area contributed by atoms with E-state index in [9.17, 15) is 4.79 Å². The number of nitrogens with zero attached hydrogens (tertiary/aromatic N) is 2. The van der Waals surface area contributed by atoms with Crippen molar-refractivity contribution in [2.45, 2.75) is 6.92 Å². The molecule has 1 heterocycles. The highest BCUT2D eigenvalue weighted by atomic mass is 35.5. The van der Waals surface area contributed by atoms with Gasteiger partial charge in [-0.15, -0.1) is 0 Å². The van der Waals surface area contributed by atoms with Crippen LogP contribution in [0.1, 0.15) is 17.3 Å². The monoisotopic (exact) mass is 208 g/mol. The molecule has 0 N–H and O–H groups in total. The Morgan fingerprint density at radius 3 is 3.00 bits per heavy atom. The summed E-state index contributed by atoms with van der Waals surface area (Å²) in [6, 6.07) is 1.56. The first-order chi connectivity index (χ1) is 6.66. The Hall–Kier alpha value is -1.48. The molecule has 0 fully saturated rings. The number of carbonyl (C=O) groups excluding carboxylic acids is 1. The largest absolute Gasteiger partial charge is 0.294 e. The molecule has 0 radical (unpaired) electrons. The zero-order valence-electron chi connectivity index (χ0n) is 7.70. The minimum atomic E-state index is -0.153. The van der Waals surface area contributed by atoms with Crippen LogP contribution in [-0.4, -0.2) is 17.0 Å². The van der Waals surface area contributed by atoms with Gasteiger partial charge in [-0.1, -0.05) is 24.3 Å². The number of ketones is 1. The first-order valence-corrected chi connectivity index (χ1v) is 4.35. The highest BCUT2D eigenvalue weighted by molar-refractivity contribution is 6.34. The van der Waals surface area contributed by atoms with Crippen molar-refractivity contribution in [1.29, 1.82) is 0 Å². The van der Waals surface area contributed by atoms with Crippen molar-refractivity contribution in [3.63, 3.8) is 0 Å². The number of pyridine rings is 1. The molecule has 0 aromatic carbocycles. The van der Waals surface area contributed by atoms with Gasteiger partial charge in [0.1, 0.15) is 0 Å². The lowest BCUT2D eigenvalue weighted by molar-refractivity contribution is 0.101. The Morgan fingerprint density at radius 1 is 1.71 bits per heavy atom. The maximum atomic E-state index is 11.2. The fraction of sp³-hybridized carbons (Fsp3) is 0.100. The first-order valence-electron chi connectivity index (χ1n) is 3.97. The summed E-state index contributed by atoms with van der Waals surface area (Å²) in [4.78, 5) is 19.1. The van der Waals surface area contributed by atoms with E-state index in [0.29, 0.717) is 16.4 Å². The Bertz CT molecular complexity index is 399. The zero-order chi connectivity index (χ0) is 10.6. The quantitative estimate of drug-likeness (QED) is 0.566. The van der Waals surface area contributed by atoms with Crippen LogP contribution in [0.4, 0.5) is 5.82 Å². The zero-order valence-corrected chi connectivity index (χ0v) is 8.45. The summed E-state index contributed by atoms with van der Waals surface area (Å²) in [6.45, 7) is 4.90. The average Bonchev–Trinajstić information content (AvgIpc) is 2.14. The van der Waals surface area contributed by atoms with E-state index in [0.717, 1.165) is 0 Å². The van der Waals surface area contributed by atoms with Crippen LogP contribution in [0.2, 0.25) is 5.02 Å². The number of carbonyl (C=O) groups is 1. The first kappa shape index (κ1) is 10.6. The molecule has 0 saturated carbocycles. The van der Waals surface area contributed by atoms with Crippen LogP contribution < -0.4 is 0 Å². The summed E-state index contributed by atoms with van der Waals surface area (Å²) in [5.41, 5.74) is 0.340. The van der Waals surface area contributed by atoms with Crippen molar-refractivity contribution in [1.82, 2.24) is 4.98 Å². The van der Waals surface area contributed by atoms with Gasteiger partial charge < -0.3 is 0 Å². The van der Waals surface area contributed by atoms with Crippen molar-refractivity contribution in [3.8, 4) is 0 Å². The highest BCUT2D eigenvalue weighted by Gasteiger charge is 2.11. The van der Waals surface area contributed by atoms with E-state index in [1.165, 1.54) is 25.4 Å². The van der Waals surface area contributed by atoms with Crippen LogP contribution in [0.5, 0.6) is 0 Å². The topological polar surface area (TPSA) is 42.3 Å². The van der Waals surface area contributed by atoms with Crippen LogP contribution in [-0.2, 0) is 0 Å². The van der Waals surface area contributed by atoms with Gasteiger partial charge in [0.15, 0.2) is 11.6 Å². The molecule has 0 unspecified atom stereocenters. The molecule has 0 atom stereocenters. The van der Waals surface area contributed by atoms with Crippen molar-refractivity contribution in [3.05, 3.63) is 35.5 Å². The van der Waals surface area contributed by atoms with Gasteiger partial charge in [0, 0.05) is 12.4 Å². The molecule has 1 aromatic heterocycles. The van der Waals surface area contributed by atoms with Gasteiger partial charge in [-0.2, -0.15) is 0 Å². The smallest absolute Gasteiger partial charge is 0.165 e. The van der Waals surface area contributed by atoms with Gasteiger partial charge in [0.05, 0.1) is 10.6 Å². The van der Waals surface area contributed by atoms with E-state index in [1.807, 2.05) is 0 Å². The minimum Gasteiger partial charge on any atom is -0.294 e. The van der Waals surface area contributed by atoms with Crippen molar-refractivity contribution < 1.29 is 4.79 Å². The molecule has 3 nitrogen and oxygen atoms in total. The summed E-state index contributed by atoms with van der Waals surface area (Å²) >= 11 is 5.84. The third kappa shape index (κ3) is 2.26. The van der Waals surface area contributed by atoms with Crippen molar-refractivity contribution in [2.75, 3.05) is 0 Å². The lowest BCUT2D eigenvalue weighted by atomic mass is 10.2. The summed E-state index contributed by atoms with van der Waals surface area (Å²) in [5.74, 6) is 0.171. The third-order valence-corrected chi connectivity index (χ3v) is 1.85. The van der Waals surface area contributed by atoms with E-state index in [2.05, 4.69) is 16.6 Å². The molecule has 0 amide bonds. The molecular weight excluding hydrogens is 200 g/mol. The van der Waals surface area contributed by atoms with E-state index in [1.54, 1.807) is 6.07 Å². The summed E-state index contributed by atoms with van der Waals surface area (Å²) in [5, 5.41) is 0.365. The number of hydrogen-bond acceptors (Lipinski definition) is 3. The fourth-order valence-corrected chi connectivity index (χ4v) is 1.25. The summed E-state index contributed by atoms with van der Waals surface area (Å²) in [7, 11) is 0. The maximum Gasteiger partial charge on any atom is 0.165 e. The lowest BCUT2D eigenvalue weighted by Crippen LogP contribution is -1.95. The second-order valence-corrected chi connectivity index (χ2v) is 2.97. The lowest BCUT2D eigenvalue weighted by Gasteiger charge is -2.01. The van der Waals surface area contributed by atoms with Gasteiger partial charge in [0.25, 0.3) is 0 Å². The SMILES string of the molecule is C=CC=Nc1nccc(Cl)c1C(C)=O. The molecule has 1 aromatic rings. The molecule has 0 bridgehead atoms. The minimum absolute atomic E-state index is 0.153. The van der Waals surface area contributed by atoms with Crippen molar-refractivity contribution in [2.24, 2.45) is 4.99 Å². The molecule has 14 heavy (non-hydrogen) atoms. The Labute approximate surface area is 87.1 Å². The number of halogens is 1. The van der Waals surface area contributed by atoms with E-state index in [4.69, 9.17) is 11.6 Å². The fourth-order valence-electron chi connectivity index (χ4n) is 0.975. The van der Waals surface area contributed by atoms with Gasteiger partial charge in [-0.05, 0) is 13.0 Å². The van der Waals surface area contributed by atoms with Crippen LogP contribution >= 0.6 is 11.6 Å². The van der Waals surface area contributed by atoms with E-state index >= 15 is 0 Å². The number of rotatable bonds is 3. The molecular formula is C10H9ClN2O. The van der Waals surface area contributed by atoms with Crippen LogP contribution in [0.15, 0.2) is 29.9 Å². The third-order valence-electron chi connectivity index (χ3n) is 1.53. The van der Waals surface area contributed by atoms with Crippen LogP contribution in [0.25, 0.3) is 0 Å². The molecule has 0 aliphatic carbocycles. The standard InChI is InChI=1S/C10H9ClN2O/c1-3-5-12-10-9(7(2)14)8(11)4-6-13-10/h3-6H,1H2,2H3. The van der Waals surface area contributed by atoms with Gasteiger partial charge in [0.2, 0.25) is 0 Å². The number of hydrogen-bond donors (Lipinski definition) is 0. The van der Waals surface area contributed by atoms with Gasteiger partial charge >= 0.3 is 0 Å². The molecule has 72 valence electrons. The number of aromatic nitrogens is 1. The normalized spacial score (nSPS) is 10.4. The number of Topliss-reactive ketones (excluding diaryl/α,β-unsaturated/α-hetero) is 1. The Balaban J connectivity index is 3.27. The molecule has 0 saturated heterocycles. The van der Waals surface area contributed by atoms with Gasteiger partial charge in [-0.3, -0.25) is 4.79 Å². The van der Waals surface area contributed by atoms with E-state index in [-0.39, 0.29) is 5.78 Å². The highest BCUT2D eigenvalue weighted by Crippen LogP contribution is 2.24. The predicted octanol–water partition coefficient (Wildman–Crippen LogP) is 2.83. The number of allylic oxidation sites excluding steroid dienone is 1. The predicted molar refractivity (Wildman–Crippen MR) is 57.6 cm³/mol. The number of aliphatic imine (C=N–C) groups is 1. The molecule has 4 heteroatoms. The maximum absolute atomic E-state index is 11.2. The molecule has 0 aliphatic heterocycles. The Kier molecular flexibility index (Phi) is 3.54. The second kappa shape index (κ2) is 4.67. The molecule has 0 spiro atoms. The summed E-state index contributed by atoms with van der Waals surface area (Å²) in [6.07, 6.45) is 4.47. The van der Waals surface area contributed by atoms with Crippen LogP contribution in [0, 0.1) is 0 Å². The van der Waals surface area contributed by atoms with Crippen molar-refractivity contribution >= 4 is 29.4 Å². The van der Waals surface area contributed by atoms with Gasteiger partial charge in [-0.25, -0.2) is 9.98 Å². The second-order valence-electron chi connectivity index (χ2n) is 2.56. The molecule has 1 rings (SSSR count). The van der Waals surface area contributed by atoms with E-state index < -0.39 is 0 Å². The molecule has 0 aliphatic rings. The Morgan fingerprint density at radius 2 is 2.43 bits per heavy atom. The summed E-state index contributed by atoms with van der Waals surface area (Å²) < 4.78 is 0. The van der Waals surface area contributed by atoms with Crippen LogP contribution in [0.3, 0.4) is 0 Å². The average molecular weight is 209 g/mol.